The number of phenols is 1. The van der Waals surface area contributed by atoms with Crippen LogP contribution in [0.4, 0.5) is 0 Å². The van der Waals surface area contributed by atoms with Gasteiger partial charge < -0.3 is 15.3 Å². The van der Waals surface area contributed by atoms with E-state index in [9.17, 15) is 10.2 Å². The molecule has 3 N–H and O–H groups in total. The third-order valence-electron chi connectivity index (χ3n) is 3.66. The Morgan fingerprint density at radius 1 is 1.32 bits per heavy atom. The Morgan fingerprint density at radius 2 is 2.00 bits per heavy atom. The van der Waals surface area contributed by atoms with Crippen LogP contribution in [0.1, 0.15) is 38.7 Å². The molecule has 0 aliphatic carbocycles. The van der Waals surface area contributed by atoms with E-state index in [1.807, 2.05) is 32.1 Å². The maximum Gasteiger partial charge on any atom is 0.122 e. The smallest absolute Gasteiger partial charge is 0.122 e. The van der Waals surface area contributed by atoms with Crippen molar-refractivity contribution in [1.29, 1.82) is 0 Å². The molecule has 1 unspecified atom stereocenters. The van der Waals surface area contributed by atoms with Gasteiger partial charge in [-0.1, -0.05) is 49.4 Å². The number of aliphatic hydroxyl groups excluding tert-OH is 2. The minimum atomic E-state index is -0.632. The van der Waals surface area contributed by atoms with Gasteiger partial charge in [0.1, 0.15) is 5.75 Å². The first-order chi connectivity index (χ1) is 10.5. The maximum absolute atomic E-state index is 10.3. The van der Waals surface area contributed by atoms with E-state index in [4.69, 9.17) is 5.11 Å². The highest BCUT2D eigenvalue weighted by Gasteiger charge is 2.13. The van der Waals surface area contributed by atoms with Gasteiger partial charge in [0.15, 0.2) is 0 Å². The summed E-state index contributed by atoms with van der Waals surface area (Å²) in [4.78, 5) is 0. The monoisotopic (exact) mass is 302 g/mol. The van der Waals surface area contributed by atoms with Gasteiger partial charge in [-0.05, 0) is 43.4 Å². The maximum atomic E-state index is 10.3. The van der Waals surface area contributed by atoms with E-state index in [1.54, 1.807) is 18.2 Å². The molecule has 0 amide bonds. The summed E-state index contributed by atoms with van der Waals surface area (Å²) < 4.78 is 0. The molecule has 0 saturated carbocycles. The highest BCUT2D eigenvalue weighted by molar-refractivity contribution is 5.58. The Bertz CT molecular complexity index is 556. The minimum absolute atomic E-state index is 0.0991. The van der Waals surface area contributed by atoms with Crippen molar-refractivity contribution in [3.63, 3.8) is 0 Å². The third kappa shape index (κ3) is 5.51. The summed E-state index contributed by atoms with van der Waals surface area (Å²) in [5, 5.41) is 29.1. The summed E-state index contributed by atoms with van der Waals surface area (Å²) in [7, 11) is 0. The van der Waals surface area contributed by atoms with Crippen LogP contribution in [0.2, 0.25) is 0 Å². The van der Waals surface area contributed by atoms with E-state index in [0.717, 1.165) is 28.7 Å². The van der Waals surface area contributed by atoms with Gasteiger partial charge in [0, 0.05) is 5.56 Å². The number of para-hydroxylation sites is 1. The van der Waals surface area contributed by atoms with E-state index in [-0.39, 0.29) is 12.4 Å². The van der Waals surface area contributed by atoms with Crippen LogP contribution in [0.5, 0.6) is 5.75 Å². The van der Waals surface area contributed by atoms with Crippen molar-refractivity contribution >= 4 is 6.08 Å². The molecule has 120 valence electrons. The quantitative estimate of drug-likeness (QED) is 0.640. The number of benzene rings is 1. The Morgan fingerprint density at radius 3 is 2.59 bits per heavy atom. The SMILES string of the molecule is C=C(CC)/C(=C/CO)C(O)CC/C(C)=C/c1ccccc1O. The largest absolute Gasteiger partial charge is 0.507 e. The lowest BCUT2D eigenvalue weighted by Gasteiger charge is -2.17. The number of allylic oxidation sites excluding steroid dienone is 1. The van der Waals surface area contributed by atoms with Gasteiger partial charge in [-0.3, -0.25) is 0 Å². The minimum Gasteiger partial charge on any atom is -0.507 e. The Kier molecular flexibility index (Phi) is 7.64. The van der Waals surface area contributed by atoms with Gasteiger partial charge in [-0.25, -0.2) is 0 Å². The van der Waals surface area contributed by atoms with Crippen molar-refractivity contribution in [2.24, 2.45) is 0 Å². The lowest BCUT2D eigenvalue weighted by atomic mass is 9.94. The molecule has 0 bridgehead atoms. The highest BCUT2D eigenvalue weighted by Crippen LogP contribution is 2.23. The first-order valence-corrected chi connectivity index (χ1v) is 7.61. The van der Waals surface area contributed by atoms with E-state index in [0.29, 0.717) is 12.8 Å². The number of hydrogen-bond donors (Lipinski definition) is 3. The van der Waals surface area contributed by atoms with E-state index >= 15 is 0 Å². The molecule has 3 nitrogen and oxygen atoms in total. The van der Waals surface area contributed by atoms with Crippen LogP contribution in [-0.4, -0.2) is 28.0 Å². The molecule has 1 aromatic rings. The normalized spacial score (nSPS) is 14.0. The van der Waals surface area contributed by atoms with Crippen molar-refractivity contribution < 1.29 is 15.3 Å². The van der Waals surface area contributed by atoms with Crippen molar-refractivity contribution in [3.8, 4) is 5.75 Å². The Hall–Kier alpha value is -1.84. The molecule has 1 rings (SSSR count). The molecule has 0 saturated heterocycles. The summed E-state index contributed by atoms with van der Waals surface area (Å²) in [6.45, 7) is 7.78. The highest BCUT2D eigenvalue weighted by atomic mass is 16.3. The van der Waals surface area contributed by atoms with Crippen LogP contribution in [0.25, 0.3) is 6.08 Å². The van der Waals surface area contributed by atoms with Crippen LogP contribution in [0.15, 0.2) is 53.6 Å². The topological polar surface area (TPSA) is 60.7 Å². The van der Waals surface area contributed by atoms with E-state index in [2.05, 4.69) is 6.58 Å². The molecular weight excluding hydrogens is 276 g/mol. The lowest BCUT2D eigenvalue weighted by molar-refractivity contribution is 0.201. The van der Waals surface area contributed by atoms with Crippen LogP contribution in [-0.2, 0) is 0 Å². The molecule has 0 aliphatic rings. The summed E-state index contributed by atoms with van der Waals surface area (Å²) >= 11 is 0. The van der Waals surface area contributed by atoms with Gasteiger partial charge in [-0.2, -0.15) is 0 Å². The molecule has 0 fully saturated rings. The molecule has 1 atom stereocenters. The number of aliphatic hydroxyl groups is 2. The van der Waals surface area contributed by atoms with Crippen LogP contribution < -0.4 is 0 Å². The number of hydrogen-bond acceptors (Lipinski definition) is 3. The van der Waals surface area contributed by atoms with E-state index < -0.39 is 6.10 Å². The average Bonchev–Trinajstić information content (AvgIpc) is 2.51. The second-order valence-corrected chi connectivity index (χ2v) is 5.40. The summed E-state index contributed by atoms with van der Waals surface area (Å²) in [6.07, 6.45) is 4.92. The van der Waals surface area contributed by atoms with Crippen LogP contribution >= 0.6 is 0 Å². The zero-order valence-corrected chi connectivity index (χ0v) is 13.4. The fraction of sp³-hybridized carbons (Fsp3) is 0.368. The zero-order valence-electron chi connectivity index (χ0n) is 13.4. The second-order valence-electron chi connectivity index (χ2n) is 5.40. The standard InChI is InChI=1S/C19H26O3/c1-4-15(3)17(11-12-20)19(22)10-9-14(2)13-16-7-5-6-8-18(16)21/h5-8,11,13,19-22H,3-4,9-10,12H2,1-2H3/b14-13+,17-11-. The van der Waals surface area contributed by atoms with Gasteiger partial charge in [-0.15, -0.1) is 0 Å². The lowest BCUT2D eigenvalue weighted by Crippen LogP contribution is -2.12. The number of phenolic OH excluding ortho intramolecular Hbond substituents is 1. The van der Waals surface area contributed by atoms with E-state index in [1.165, 1.54) is 0 Å². The fourth-order valence-electron chi connectivity index (χ4n) is 2.29. The third-order valence-corrected chi connectivity index (χ3v) is 3.66. The molecule has 0 heterocycles. The molecule has 0 aliphatic heterocycles. The molecule has 0 radical (unpaired) electrons. The molecular formula is C19H26O3. The van der Waals surface area contributed by atoms with Crippen LogP contribution in [0, 0.1) is 0 Å². The Balaban J connectivity index is 2.70. The average molecular weight is 302 g/mol. The number of rotatable bonds is 8. The van der Waals surface area contributed by atoms with Crippen molar-refractivity contribution in [2.45, 2.75) is 39.2 Å². The molecule has 3 heteroatoms. The first-order valence-electron chi connectivity index (χ1n) is 7.61. The summed E-state index contributed by atoms with van der Waals surface area (Å²) in [6, 6.07) is 7.17. The predicted molar refractivity (Wildman–Crippen MR) is 91.6 cm³/mol. The van der Waals surface area contributed by atoms with Crippen LogP contribution in [0.3, 0.4) is 0 Å². The summed E-state index contributed by atoms with van der Waals surface area (Å²) in [5.74, 6) is 0.252. The van der Waals surface area contributed by atoms with Gasteiger partial charge in [0.05, 0.1) is 12.7 Å². The molecule has 0 aromatic heterocycles. The molecule has 22 heavy (non-hydrogen) atoms. The van der Waals surface area contributed by atoms with Crippen molar-refractivity contribution in [1.82, 2.24) is 0 Å². The van der Waals surface area contributed by atoms with Gasteiger partial charge in [0.25, 0.3) is 0 Å². The first kappa shape index (κ1) is 18.2. The molecule has 1 aromatic carbocycles. The number of aromatic hydroxyl groups is 1. The molecule has 0 spiro atoms. The Labute approximate surface area is 132 Å². The zero-order chi connectivity index (χ0) is 16.5. The second kappa shape index (κ2) is 9.23. The predicted octanol–water partition coefficient (Wildman–Crippen LogP) is 3.82. The van der Waals surface area contributed by atoms with Gasteiger partial charge in [0.2, 0.25) is 0 Å². The van der Waals surface area contributed by atoms with Gasteiger partial charge >= 0.3 is 0 Å². The van der Waals surface area contributed by atoms with Crippen molar-refractivity contribution in [3.05, 3.63) is 59.2 Å². The summed E-state index contributed by atoms with van der Waals surface area (Å²) in [5.41, 5.74) is 3.42. The fourth-order valence-corrected chi connectivity index (χ4v) is 2.29. The van der Waals surface area contributed by atoms with Crippen molar-refractivity contribution in [2.75, 3.05) is 6.61 Å².